The molecule has 2 aliphatic rings. The molecule has 1 saturated carbocycles. The molecule has 1 aromatic carbocycles. The molecule has 0 radical (unpaired) electrons. The van der Waals surface area contributed by atoms with Crippen molar-refractivity contribution in [1.29, 1.82) is 0 Å². The molecule has 0 atom stereocenters. The fourth-order valence-corrected chi connectivity index (χ4v) is 4.35. The zero-order valence-corrected chi connectivity index (χ0v) is 13.5. The van der Waals surface area contributed by atoms with Crippen LogP contribution in [0, 0.1) is 5.41 Å². The van der Waals surface area contributed by atoms with Crippen LogP contribution in [0.15, 0.2) is 41.0 Å². The van der Waals surface area contributed by atoms with Crippen LogP contribution in [0.1, 0.15) is 42.5 Å². The van der Waals surface area contributed by atoms with E-state index in [-0.39, 0.29) is 5.41 Å². The minimum Gasteiger partial charge on any atom is -0.343 e. The van der Waals surface area contributed by atoms with Gasteiger partial charge >= 0.3 is 0 Å². The average molecular weight is 311 g/mol. The molecule has 4 rings (SSSR count). The maximum atomic E-state index is 4.98. The van der Waals surface area contributed by atoms with E-state index in [4.69, 9.17) is 4.99 Å². The van der Waals surface area contributed by atoms with Gasteiger partial charge in [0.25, 0.3) is 0 Å². The number of nitrogens with zero attached hydrogens (tertiary/aromatic N) is 2. The van der Waals surface area contributed by atoms with Crippen LogP contribution in [-0.2, 0) is 13.0 Å². The summed E-state index contributed by atoms with van der Waals surface area (Å²) in [6, 6.07) is 8.69. The number of thiazole rings is 1. The van der Waals surface area contributed by atoms with Gasteiger partial charge in [0.1, 0.15) is 5.84 Å². The summed E-state index contributed by atoms with van der Waals surface area (Å²) < 4.78 is 0. The third-order valence-corrected chi connectivity index (χ3v) is 5.75. The van der Waals surface area contributed by atoms with E-state index in [9.17, 15) is 0 Å². The zero-order valence-electron chi connectivity index (χ0n) is 12.7. The van der Waals surface area contributed by atoms with Crippen molar-refractivity contribution in [3.63, 3.8) is 0 Å². The normalized spacial score (nSPS) is 21.5. The molecule has 0 amide bonds. The summed E-state index contributed by atoms with van der Waals surface area (Å²) in [5.74, 6) is 1.21. The molecule has 3 nitrogen and oxygen atoms in total. The number of hydrogen-bond acceptors (Lipinski definition) is 3. The van der Waals surface area contributed by atoms with Crippen molar-refractivity contribution in [2.24, 2.45) is 10.4 Å². The van der Waals surface area contributed by atoms with Gasteiger partial charge in [-0.1, -0.05) is 37.5 Å². The van der Waals surface area contributed by atoms with Gasteiger partial charge in [0.2, 0.25) is 0 Å². The lowest BCUT2D eigenvalue weighted by Crippen LogP contribution is -2.43. The monoisotopic (exact) mass is 311 g/mol. The molecule has 1 N–H and O–H groups in total. The second kappa shape index (κ2) is 5.84. The third-order valence-electron chi connectivity index (χ3n) is 4.99. The lowest BCUT2D eigenvalue weighted by atomic mass is 9.67. The Kier molecular flexibility index (Phi) is 3.70. The van der Waals surface area contributed by atoms with E-state index in [0.717, 1.165) is 13.0 Å². The smallest absolute Gasteiger partial charge is 0.108 e. The van der Waals surface area contributed by atoms with Crippen molar-refractivity contribution < 1.29 is 0 Å². The van der Waals surface area contributed by atoms with Crippen molar-refractivity contribution >= 4 is 22.9 Å². The fraction of sp³-hybridized carbons (Fsp3) is 0.444. The van der Waals surface area contributed by atoms with Crippen molar-refractivity contribution in [2.75, 3.05) is 5.32 Å². The van der Waals surface area contributed by atoms with Gasteiger partial charge in [-0.15, -0.1) is 11.3 Å². The van der Waals surface area contributed by atoms with Gasteiger partial charge in [-0.05, 0) is 30.9 Å². The van der Waals surface area contributed by atoms with Crippen LogP contribution in [0.3, 0.4) is 0 Å². The first-order valence-electron chi connectivity index (χ1n) is 8.13. The number of aliphatic imine (C=N–C) groups is 1. The first-order chi connectivity index (χ1) is 10.9. The SMILES string of the molecule is c1ccc2c(c1)CC1(CCCCC1)C(=NCc1cncs1)N2. The quantitative estimate of drug-likeness (QED) is 0.875. The molecule has 1 fully saturated rings. The molecular formula is C18H21N3S. The van der Waals surface area contributed by atoms with Crippen LogP contribution in [0.25, 0.3) is 0 Å². The Bertz CT molecular complexity index is 669. The van der Waals surface area contributed by atoms with Gasteiger partial charge < -0.3 is 5.32 Å². The number of amidine groups is 1. The largest absolute Gasteiger partial charge is 0.343 e. The van der Waals surface area contributed by atoms with Gasteiger partial charge in [0, 0.05) is 22.2 Å². The van der Waals surface area contributed by atoms with Crippen LogP contribution < -0.4 is 5.32 Å². The highest BCUT2D eigenvalue weighted by Crippen LogP contribution is 2.45. The van der Waals surface area contributed by atoms with E-state index in [0.29, 0.717) is 0 Å². The molecule has 1 spiro atoms. The highest BCUT2D eigenvalue weighted by Gasteiger charge is 2.40. The van der Waals surface area contributed by atoms with Gasteiger partial charge in [-0.25, -0.2) is 0 Å². The summed E-state index contributed by atoms with van der Waals surface area (Å²) in [6.07, 6.45) is 9.60. The summed E-state index contributed by atoms with van der Waals surface area (Å²) in [6.45, 7) is 0.747. The Morgan fingerprint density at radius 2 is 2.05 bits per heavy atom. The van der Waals surface area contributed by atoms with Crippen LogP contribution in [0.5, 0.6) is 0 Å². The number of benzene rings is 1. The van der Waals surface area contributed by atoms with E-state index in [1.807, 2.05) is 11.7 Å². The molecule has 1 aromatic heterocycles. The first kappa shape index (κ1) is 13.9. The maximum Gasteiger partial charge on any atom is 0.108 e. The Hall–Kier alpha value is -1.68. The van der Waals surface area contributed by atoms with E-state index in [1.165, 1.54) is 54.1 Å². The lowest BCUT2D eigenvalue weighted by molar-refractivity contribution is 0.278. The number of rotatable bonds is 2. The summed E-state index contributed by atoms with van der Waals surface area (Å²) >= 11 is 1.69. The summed E-state index contributed by atoms with van der Waals surface area (Å²) in [5.41, 5.74) is 4.80. The maximum absolute atomic E-state index is 4.98. The molecule has 0 saturated heterocycles. The second-order valence-corrected chi connectivity index (χ2v) is 7.40. The van der Waals surface area contributed by atoms with Crippen molar-refractivity contribution in [3.05, 3.63) is 46.4 Å². The Balaban J connectivity index is 1.68. The van der Waals surface area contributed by atoms with Gasteiger partial charge in [-0.2, -0.15) is 0 Å². The topological polar surface area (TPSA) is 37.3 Å². The van der Waals surface area contributed by atoms with Crippen molar-refractivity contribution in [3.8, 4) is 0 Å². The lowest BCUT2D eigenvalue weighted by Gasteiger charge is -2.42. The number of anilines is 1. The average Bonchev–Trinajstić information content (AvgIpc) is 3.07. The van der Waals surface area contributed by atoms with E-state index in [1.54, 1.807) is 11.3 Å². The molecule has 4 heteroatoms. The molecule has 2 heterocycles. The molecule has 0 bridgehead atoms. The predicted molar refractivity (Wildman–Crippen MR) is 92.5 cm³/mol. The minimum absolute atomic E-state index is 0.233. The number of fused-ring (bicyclic) bond motifs is 1. The minimum atomic E-state index is 0.233. The fourth-order valence-electron chi connectivity index (χ4n) is 3.83. The summed E-state index contributed by atoms with van der Waals surface area (Å²) in [4.78, 5) is 10.4. The third kappa shape index (κ3) is 2.56. The van der Waals surface area contributed by atoms with Crippen molar-refractivity contribution in [1.82, 2.24) is 4.98 Å². The van der Waals surface area contributed by atoms with Crippen LogP contribution in [-0.4, -0.2) is 10.8 Å². The Morgan fingerprint density at radius 3 is 2.86 bits per heavy atom. The Morgan fingerprint density at radius 1 is 1.18 bits per heavy atom. The zero-order chi connectivity index (χ0) is 14.8. The standard InChI is InChI=1S/C18H21N3S/c1-4-8-18(9-5-1)10-14-6-2-3-7-16(14)21-17(18)20-12-15-11-19-13-22-15/h2-3,6-7,11,13H,1,4-5,8-10,12H2,(H,20,21). The second-order valence-electron chi connectivity index (χ2n) is 6.43. The van der Waals surface area contributed by atoms with Crippen LogP contribution >= 0.6 is 11.3 Å². The number of nitrogens with one attached hydrogen (secondary N) is 1. The van der Waals surface area contributed by atoms with Gasteiger partial charge in [0.15, 0.2) is 0 Å². The molecule has 1 aliphatic carbocycles. The van der Waals surface area contributed by atoms with Crippen LogP contribution in [0.4, 0.5) is 5.69 Å². The van der Waals surface area contributed by atoms with E-state index < -0.39 is 0 Å². The molecule has 2 aromatic rings. The molecule has 0 unspecified atom stereocenters. The van der Waals surface area contributed by atoms with Crippen molar-refractivity contribution in [2.45, 2.75) is 45.1 Å². The Labute approximate surface area is 135 Å². The van der Waals surface area contributed by atoms with E-state index >= 15 is 0 Å². The number of hydrogen-bond donors (Lipinski definition) is 1. The summed E-state index contributed by atoms with van der Waals surface area (Å²) in [5, 5.41) is 3.65. The molecule has 114 valence electrons. The highest BCUT2D eigenvalue weighted by molar-refractivity contribution is 7.09. The van der Waals surface area contributed by atoms with Gasteiger partial charge in [0.05, 0.1) is 12.1 Å². The molecule has 1 aliphatic heterocycles. The predicted octanol–water partition coefficient (Wildman–Crippen LogP) is 4.66. The molecular weight excluding hydrogens is 290 g/mol. The molecule has 22 heavy (non-hydrogen) atoms. The first-order valence-corrected chi connectivity index (χ1v) is 9.01. The number of para-hydroxylation sites is 1. The summed E-state index contributed by atoms with van der Waals surface area (Å²) in [7, 11) is 0. The number of aromatic nitrogens is 1. The van der Waals surface area contributed by atoms with Crippen LogP contribution in [0.2, 0.25) is 0 Å². The van der Waals surface area contributed by atoms with E-state index in [2.05, 4.69) is 34.6 Å². The highest BCUT2D eigenvalue weighted by atomic mass is 32.1. The van der Waals surface area contributed by atoms with Gasteiger partial charge in [-0.3, -0.25) is 9.98 Å².